The molecule has 0 aliphatic carbocycles. The maximum absolute atomic E-state index is 10.9. The minimum atomic E-state index is -0.975. The maximum Gasteiger partial charge on any atom is 2.00 e. The SMILES string of the molecule is CCCCCC/C=C(/CCCCCC)C(=O)[O-].CCCCCC/C=C(/CCCCCC)C(=O)[O-].[Mg+2]. The van der Waals surface area contributed by atoms with Crippen LogP contribution in [0.15, 0.2) is 23.3 Å². The Hall–Kier alpha value is -0.814. The van der Waals surface area contributed by atoms with Crippen molar-refractivity contribution in [2.45, 2.75) is 156 Å². The summed E-state index contributed by atoms with van der Waals surface area (Å²) < 4.78 is 0. The number of hydrogen-bond acceptors (Lipinski definition) is 4. The minimum absolute atomic E-state index is 0. The summed E-state index contributed by atoms with van der Waals surface area (Å²) in [5.41, 5.74) is 1.02. The van der Waals surface area contributed by atoms with Gasteiger partial charge < -0.3 is 19.8 Å². The van der Waals surface area contributed by atoms with E-state index < -0.39 is 11.9 Å². The molecule has 0 aromatic rings. The van der Waals surface area contributed by atoms with Crippen LogP contribution in [0.4, 0.5) is 0 Å². The van der Waals surface area contributed by atoms with Gasteiger partial charge in [0.1, 0.15) is 0 Å². The van der Waals surface area contributed by atoms with Crippen LogP contribution in [0.2, 0.25) is 0 Å². The van der Waals surface area contributed by atoms with E-state index in [1.54, 1.807) is 0 Å². The van der Waals surface area contributed by atoms with Crippen molar-refractivity contribution < 1.29 is 19.8 Å². The monoisotopic (exact) mass is 502 g/mol. The molecular formula is C30H54MgO4. The van der Waals surface area contributed by atoms with Crippen LogP contribution < -0.4 is 10.2 Å². The van der Waals surface area contributed by atoms with Gasteiger partial charge in [0, 0.05) is 0 Å². The fraction of sp³-hybridized carbons (Fsp3) is 0.800. The molecule has 0 aliphatic rings. The molecule has 0 bridgehead atoms. The molecule has 0 atom stereocenters. The summed E-state index contributed by atoms with van der Waals surface area (Å²) in [4.78, 5) is 21.8. The Bertz CT molecular complexity index is 492. The molecule has 0 aromatic heterocycles. The number of allylic oxidation sites excluding steroid dienone is 2. The first-order valence-corrected chi connectivity index (χ1v) is 14.2. The van der Waals surface area contributed by atoms with Gasteiger partial charge in [-0.25, -0.2) is 0 Å². The molecule has 0 aromatic carbocycles. The van der Waals surface area contributed by atoms with E-state index in [0.717, 1.165) is 51.4 Å². The number of aliphatic carboxylic acids is 2. The molecule has 0 unspecified atom stereocenters. The molecule has 0 N–H and O–H groups in total. The predicted molar refractivity (Wildman–Crippen MR) is 147 cm³/mol. The summed E-state index contributed by atoms with van der Waals surface area (Å²) in [6, 6.07) is 0. The first-order chi connectivity index (χ1) is 16.4. The molecule has 0 rings (SSSR count). The van der Waals surface area contributed by atoms with Gasteiger partial charge in [0.25, 0.3) is 0 Å². The Morgan fingerprint density at radius 3 is 1.03 bits per heavy atom. The number of hydrogen-bond donors (Lipinski definition) is 0. The minimum Gasteiger partial charge on any atom is -0.545 e. The van der Waals surface area contributed by atoms with Crippen molar-refractivity contribution in [1.29, 1.82) is 0 Å². The van der Waals surface area contributed by atoms with Crippen molar-refractivity contribution in [2.24, 2.45) is 0 Å². The van der Waals surface area contributed by atoms with E-state index in [0.29, 0.717) is 24.0 Å². The van der Waals surface area contributed by atoms with E-state index in [9.17, 15) is 19.8 Å². The van der Waals surface area contributed by atoms with Gasteiger partial charge in [-0.1, -0.05) is 117 Å². The summed E-state index contributed by atoms with van der Waals surface area (Å²) >= 11 is 0. The fourth-order valence-corrected chi connectivity index (χ4v) is 3.75. The average Bonchev–Trinajstić information content (AvgIpc) is 2.81. The smallest absolute Gasteiger partial charge is 0.545 e. The van der Waals surface area contributed by atoms with E-state index in [2.05, 4.69) is 27.7 Å². The Kier molecular flexibility index (Phi) is 34.5. The number of carboxylic acid groups (broad SMARTS) is 2. The van der Waals surface area contributed by atoms with Gasteiger partial charge in [-0.05, 0) is 62.5 Å². The van der Waals surface area contributed by atoms with E-state index in [1.807, 2.05) is 12.2 Å². The topological polar surface area (TPSA) is 80.3 Å². The second-order valence-electron chi connectivity index (χ2n) is 9.35. The van der Waals surface area contributed by atoms with Crippen LogP contribution in [0.5, 0.6) is 0 Å². The quantitative estimate of drug-likeness (QED) is 0.0923. The van der Waals surface area contributed by atoms with Crippen molar-refractivity contribution in [1.82, 2.24) is 0 Å². The average molecular weight is 503 g/mol. The fourth-order valence-electron chi connectivity index (χ4n) is 3.75. The third kappa shape index (κ3) is 29.3. The van der Waals surface area contributed by atoms with Crippen molar-refractivity contribution >= 4 is 35.0 Å². The molecule has 0 saturated heterocycles. The van der Waals surface area contributed by atoms with Crippen LogP contribution in [0.1, 0.15) is 156 Å². The van der Waals surface area contributed by atoms with E-state index >= 15 is 0 Å². The Labute approximate surface area is 233 Å². The Balaban J connectivity index is -0.000000569. The second-order valence-corrected chi connectivity index (χ2v) is 9.35. The van der Waals surface area contributed by atoms with Gasteiger partial charge in [0.05, 0.1) is 11.9 Å². The molecule has 0 radical (unpaired) electrons. The summed E-state index contributed by atoms with van der Waals surface area (Å²) in [6.07, 6.45) is 25.3. The third-order valence-electron chi connectivity index (χ3n) is 6.02. The van der Waals surface area contributed by atoms with E-state index in [1.165, 1.54) is 64.2 Å². The third-order valence-corrected chi connectivity index (χ3v) is 6.02. The molecule has 0 spiro atoms. The van der Waals surface area contributed by atoms with Crippen LogP contribution in [0.25, 0.3) is 0 Å². The summed E-state index contributed by atoms with van der Waals surface area (Å²) in [5, 5.41) is 21.8. The molecule has 35 heavy (non-hydrogen) atoms. The number of rotatable bonds is 22. The first-order valence-electron chi connectivity index (χ1n) is 14.2. The van der Waals surface area contributed by atoms with E-state index in [4.69, 9.17) is 0 Å². The molecule has 200 valence electrons. The van der Waals surface area contributed by atoms with Gasteiger partial charge in [-0.2, -0.15) is 0 Å². The van der Waals surface area contributed by atoms with Gasteiger partial charge in [-0.3, -0.25) is 0 Å². The number of carbonyl (C=O) groups is 2. The molecule has 0 aliphatic heterocycles. The zero-order valence-corrected chi connectivity index (χ0v) is 25.1. The zero-order valence-electron chi connectivity index (χ0n) is 23.6. The van der Waals surface area contributed by atoms with Crippen molar-refractivity contribution in [3.63, 3.8) is 0 Å². The molecular weight excluding hydrogens is 449 g/mol. The summed E-state index contributed by atoms with van der Waals surface area (Å²) in [6.45, 7) is 8.67. The molecule has 5 heteroatoms. The van der Waals surface area contributed by atoms with Crippen molar-refractivity contribution in [3.05, 3.63) is 23.3 Å². The summed E-state index contributed by atoms with van der Waals surface area (Å²) in [7, 11) is 0. The predicted octanol–water partition coefficient (Wildman–Crippen LogP) is 6.83. The van der Waals surface area contributed by atoms with Crippen LogP contribution >= 0.6 is 0 Å². The number of unbranched alkanes of at least 4 members (excludes halogenated alkanes) is 14. The molecule has 0 saturated carbocycles. The van der Waals surface area contributed by atoms with Crippen LogP contribution in [0.3, 0.4) is 0 Å². The first kappa shape index (κ1) is 38.7. The van der Waals surface area contributed by atoms with Crippen LogP contribution in [-0.2, 0) is 9.59 Å². The van der Waals surface area contributed by atoms with Gasteiger partial charge in [-0.15, -0.1) is 0 Å². The Morgan fingerprint density at radius 2 is 0.771 bits per heavy atom. The molecule has 0 fully saturated rings. The standard InChI is InChI=1S/2C15H28O2.Mg/c2*1-3-5-7-9-11-13-14(15(16)17)12-10-8-6-4-2;/h2*13H,3-12H2,1-2H3,(H,16,17);/q;;+2/p-2/b2*14-13-;. The normalized spacial score (nSPS) is 11.4. The molecule has 0 amide bonds. The second kappa shape index (κ2) is 31.2. The van der Waals surface area contributed by atoms with Gasteiger partial charge >= 0.3 is 23.1 Å². The zero-order chi connectivity index (χ0) is 25.9. The van der Waals surface area contributed by atoms with Crippen LogP contribution in [-0.4, -0.2) is 35.0 Å². The van der Waals surface area contributed by atoms with Gasteiger partial charge in [0.2, 0.25) is 0 Å². The molecule has 4 nitrogen and oxygen atoms in total. The summed E-state index contributed by atoms with van der Waals surface area (Å²) in [5.74, 6) is -1.95. The van der Waals surface area contributed by atoms with E-state index in [-0.39, 0.29) is 23.1 Å². The van der Waals surface area contributed by atoms with Crippen molar-refractivity contribution in [2.75, 3.05) is 0 Å². The van der Waals surface area contributed by atoms with Crippen molar-refractivity contribution in [3.8, 4) is 0 Å². The van der Waals surface area contributed by atoms with Gasteiger partial charge in [0.15, 0.2) is 0 Å². The molecule has 0 heterocycles. The number of carboxylic acids is 2. The Morgan fingerprint density at radius 1 is 0.486 bits per heavy atom. The van der Waals surface area contributed by atoms with Crippen LogP contribution in [0, 0.1) is 0 Å². The largest absolute Gasteiger partial charge is 2.00 e. The number of carbonyl (C=O) groups excluding carboxylic acids is 2. The maximum atomic E-state index is 10.9.